The van der Waals surface area contributed by atoms with Gasteiger partial charge in [0.05, 0.1) is 7.11 Å². The molecule has 5 nitrogen and oxygen atoms in total. The van der Waals surface area contributed by atoms with Crippen LogP contribution in [0.25, 0.3) is 6.08 Å². The number of nitriles is 1. The number of nitrogens with one attached hydrogen (secondary N) is 1. The number of nitrogens with zero attached hydrogens (tertiary/aromatic N) is 1. The Morgan fingerprint density at radius 1 is 1.19 bits per heavy atom. The van der Waals surface area contributed by atoms with E-state index in [9.17, 15) is 10.1 Å². The maximum Gasteiger partial charge on any atom is 0.262 e. The monoisotopic (exact) mass is 418 g/mol. The predicted octanol–water partition coefficient (Wildman–Crippen LogP) is 5.18. The molecule has 1 saturated carbocycles. The van der Waals surface area contributed by atoms with Crippen molar-refractivity contribution in [3.63, 3.8) is 0 Å². The van der Waals surface area contributed by atoms with Gasteiger partial charge in [0.2, 0.25) is 0 Å². The molecule has 1 amide bonds. The molecular formula is C26H30N2O3. The molecule has 162 valence electrons. The van der Waals surface area contributed by atoms with E-state index >= 15 is 0 Å². The zero-order chi connectivity index (χ0) is 22.2. The van der Waals surface area contributed by atoms with Crippen LogP contribution in [0.15, 0.2) is 48.0 Å². The van der Waals surface area contributed by atoms with Gasteiger partial charge in [-0.25, -0.2) is 0 Å². The second-order valence-electron chi connectivity index (χ2n) is 8.20. The molecule has 2 aromatic carbocycles. The first-order chi connectivity index (χ1) is 15.0. The fraction of sp³-hybridized carbons (Fsp3) is 0.385. The van der Waals surface area contributed by atoms with Gasteiger partial charge in [0, 0.05) is 6.04 Å². The van der Waals surface area contributed by atoms with E-state index in [1.165, 1.54) is 12.0 Å². The number of methoxy groups -OCH3 is 1. The SMILES string of the molecule is COc1cc(/C=C(\C#N)C(=O)N[C@@H]2CCCC[C@H]2C)ccc1OCc1cccc(C)c1. The van der Waals surface area contributed by atoms with Crippen molar-refractivity contribution < 1.29 is 14.3 Å². The summed E-state index contributed by atoms with van der Waals surface area (Å²) in [7, 11) is 1.57. The molecule has 1 N–H and O–H groups in total. The van der Waals surface area contributed by atoms with Gasteiger partial charge in [-0.3, -0.25) is 4.79 Å². The highest BCUT2D eigenvalue weighted by molar-refractivity contribution is 6.01. The van der Waals surface area contributed by atoms with Crippen LogP contribution in [-0.2, 0) is 11.4 Å². The molecule has 0 saturated heterocycles. The summed E-state index contributed by atoms with van der Waals surface area (Å²) in [5, 5.41) is 12.6. The molecular weight excluding hydrogens is 388 g/mol. The quantitative estimate of drug-likeness (QED) is 0.496. The first-order valence-corrected chi connectivity index (χ1v) is 10.8. The summed E-state index contributed by atoms with van der Waals surface area (Å²) in [6.45, 7) is 4.63. The Morgan fingerprint density at radius 3 is 2.71 bits per heavy atom. The third-order valence-corrected chi connectivity index (χ3v) is 5.77. The lowest BCUT2D eigenvalue weighted by Crippen LogP contribution is -2.41. The number of benzene rings is 2. The first-order valence-electron chi connectivity index (χ1n) is 10.8. The molecule has 1 fully saturated rings. The van der Waals surface area contributed by atoms with E-state index in [0.717, 1.165) is 24.8 Å². The van der Waals surface area contributed by atoms with E-state index in [1.807, 2.05) is 37.3 Å². The number of ether oxygens (including phenoxy) is 2. The lowest BCUT2D eigenvalue weighted by molar-refractivity contribution is -0.118. The lowest BCUT2D eigenvalue weighted by atomic mass is 9.86. The number of amides is 1. The zero-order valence-electron chi connectivity index (χ0n) is 18.5. The van der Waals surface area contributed by atoms with Gasteiger partial charge in [-0.05, 0) is 55.0 Å². The summed E-state index contributed by atoms with van der Waals surface area (Å²) in [5.41, 5.74) is 3.06. The van der Waals surface area contributed by atoms with E-state index in [-0.39, 0.29) is 17.5 Å². The second-order valence-corrected chi connectivity index (χ2v) is 8.20. The van der Waals surface area contributed by atoms with Crippen molar-refractivity contribution in [2.45, 2.75) is 52.2 Å². The van der Waals surface area contributed by atoms with Crippen molar-refractivity contribution in [1.29, 1.82) is 5.26 Å². The van der Waals surface area contributed by atoms with Crippen molar-refractivity contribution in [2.75, 3.05) is 7.11 Å². The minimum absolute atomic E-state index is 0.0910. The van der Waals surface area contributed by atoms with Gasteiger partial charge < -0.3 is 14.8 Å². The van der Waals surface area contributed by atoms with Gasteiger partial charge in [0.25, 0.3) is 5.91 Å². The smallest absolute Gasteiger partial charge is 0.262 e. The molecule has 2 aromatic rings. The number of hydrogen-bond acceptors (Lipinski definition) is 4. The normalized spacial score (nSPS) is 18.7. The topological polar surface area (TPSA) is 71.3 Å². The molecule has 0 aromatic heterocycles. The summed E-state index contributed by atoms with van der Waals surface area (Å²) in [6, 6.07) is 15.7. The molecule has 3 rings (SSSR count). The Morgan fingerprint density at radius 2 is 2.00 bits per heavy atom. The maximum absolute atomic E-state index is 12.6. The highest BCUT2D eigenvalue weighted by atomic mass is 16.5. The summed E-state index contributed by atoms with van der Waals surface area (Å²) < 4.78 is 11.4. The average molecular weight is 419 g/mol. The Kier molecular flexibility index (Phi) is 7.72. The van der Waals surface area contributed by atoms with Gasteiger partial charge in [-0.2, -0.15) is 5.26 Å². The largest absolute Gasteiger partial charge is 0.493 e. The number of carbonyl (C=O) groups is 1. The van der Waals surface area contributed by atoms with Crippen LogP contribution in [0.3, 0.4) is 0 Å². The fourth-order valence-corrected chi connectivity index (χ4v) is 3.95. The van der Waals surface area contributed by atoms with E-state index in [2.05, 4.69) is 18.3 Å². The van der Waals surface area contributed by atoms with Crippen molar-refractivity contribution in [2.24, 2.45) is 5.92 Å². The van der Waals surface area contributed by atoms with Crippen LogP contribution < -0.4 is 14.8 Å². The molecule has 0 aliphatic heterocycles. The standard InChI is InChI=1S/C26H30N2O3/c1-18-7-6-9-21(13-18)17-31-24-12-11-20(15-25(24)30-3)14-22(16-27)26(29)28-23-10-5-4-8-19(23)2/h6-7,9,11-15,19,23H,4-5,8,10,17H2,1-3H3,(H,28,29)/b22-14+/t19-,23-/m1/s1. The minimum atomic E-state index is -0.319. The molecule has 31 heavy (non-hydrogen) atoms. The average Bonchev–Trinajstić information content (AvgIpc) is 2.77. The molecule has 0 unspecified atom stereocenters. The zero-order valence-corrected chi connectivity index (χ0v) is 18.5. The molecule has 1 aliphatic carbocycles. The lowest BCUT2D eigenvalue weighted by Gasteiger charge is -2.29. The van der Waals surface area contributed by atoms with E-state index in [1.54, 1.807) is 25.3 Å². The third-order valence-electron chi connectivity index (χ3n) is 5.77. The van der Waals surface area contributed by atoms with Gasteiger partial charge in [0.15, 0.2) is 11.5 Å². The van der Waals surface area contributed by atoms with Crippen LogP contribution in [0, 0.1) is 24.2 Å². The summed E-state index contributed by atoms with van der Waals surface area (Å²) in [5.74, 6) is 1.28. The molecule has 0 heterocycles. The second kappa shape index (κ2) is 10.7. The molecule has 5 heteroatoms. The van der Waals surface area contributed by atoms with E-state index in [4.69, 9.17) is 9.47 Å². The maximum atomic E-state index is 12.6. The fourth-order valence-electron chi connectivity index (χ4n) is 3.95. The van der Waals surface area contributed by atoms with Crippen LogP contribution in [0.2, 0.25) is 0 Å². The number of carbonyl (C=O) groups excluding carboxylic acids is 1. The van der Waals surface area contributed by atoms with Crippen LogP contribution in [0.5, 0.6) is 11.5 Å². The Balaban J connectivity index is 1.71. The van der Waals surface area contributed by atoms with Crippen LogP contribution in [0.1, 0.15) is 49.3 Å². The molecule has 1 aliphatic rings. The predicted molar refractivity (Wildman–Crippen MR) is 122 cm³/mol. The third kappa shape index (κ3) is 6.11. The Labute approximate surface area is 184 Å². The van der Waals surface area contributed by atoms with Crippen molar-refractivity contribution in [1.82, 2.24) is 5.32 Å². The van der Waals surface area contributed by atoms with Crippen molar-refractivity contribution in [3.05, 3.63) is 64.7 Å². The van der Waals surface area contributed by atoms with Crippen LogP contribution in [-0.4, -0.2) is 19.1 Å². The summed E-state index contributed by atoms with van der Waals surface area (Å²) in [4.78, 5) is 12.6. The van der Waals surface area contributed by atoms with Crippen LogP contribution in [0.4, 0.5) is 0 Å². The Hall–Kier alpha value is -3.26. The van der Waals surface area contributed by atoms with Gasteiger partial charge >= 0.3 is 0 Å². The van der Waals surface area contributed by atoms with Crippen molar-refractivity contribution >= 4 is 12.0 Å². The molecule has 2 atom stereocenters. The van der Waals surface area contributed by atoms with E-state index in [0.29, 0.717) is 29.6 Å². The van der Waals surface area contributed by atoms with Gasteiger partial charge in [-0.15, -0.1) is 0 Å². The Bertz CT molecular complexity index is 990. The highest BCUT2D eigenvalue weighted by Gasteiger charge is 2.24. The molecule has 0 radical (unpaired) electrons. The first kappa shape index (κ1) is 22.4. The highest BCUT2D eigenvalue weighted by Crippen LogP contribution is 2.30. The summed E-state index contributed by atoms with van der Waals surface area (Å²) >= 11 is 0. The summed E-state index contributed by atoms with van der Waals surface area (Å²) in [6.07, 6.45) is 5.98. The van der Waals surface area contributed by atoms with E-state index < -0.39 is 0 Å². The van der Waals surface area contributed by atoms with Gasteiger partial charge in [-0.1, -0.05) is 55.7 Å². The number of hydrogen-bond donors (Lipinski definition) is 1. The molecule has 0 spiro atoms. The number of rotatable bonds is 7. The minimum Gasteiger partial charge on any atom is -0.493 e. The number of aryl methyl sites for hydroxylation is 1. The molecule has 0 bridgehead atoms. The van der Waals surface area contributed by atoms with Crippen molar-refractivity contribution in [3.8, 4) is 17.6 Å². The van der Waals surface area contributed by atoms with Crippen LogP contribution >= 0.6 is 0 Å². The van der Waals surface area contributed by atoms with Gasteiger partial charge in [0.1, 0.15) is 18.2 Å².